The first kappa shape index (κ1) is 24.3. The van der Waals surface area contributed by atoms with Crippen LogP contribution in [0.2, 0.25) is 5.02 Å². The number of sulfone groups is 1. The minimum absolute atomic E-state index is 0.175. The van der Waals surface area contributed by atoms with E-state index in [2.05, 4.69) is 5.32 Å². The maximum Gasteiger partial charge on any atom is 0.254 e. The number of nitrogens with zero attached hydrogens (tertiary/aromatic N) is 1. The molecule has 0 aliphatic heterocycles. The zero-order valence-electron chi connectivity index (χ0n) is 18.1. The monoisotopic (exact) mass is 486 g/mol. The van der Waals surface area contributed by atoms with Crippen molar-refractivity contribution in [2.75, 3.05) is 26.0 Å². The Morgan fingerprint density at radius 1 is 1.00 bits per heavy atom. The number of carbonyl (C=O) groups is 2. The quantitative estimate of drug-likeness (QED) is 0.519. The van der Waals surface area contributed by atoms with Gasteiger partial charge in [-0.3, -0.25) is 9.59 Å². The predicted octanol–water partition coefficient (Wildman–Crippen LogP) is 4.03. The van der Waals surface area contributed by atoms with Crippen LogP contribution in [-0.2, 0) is 20.4 Å². The lowest BCUT2D eigenvalue weighted by molar-refractivity contribution is -0.116. The summed E-state index contributed by atoms with van der Waals surface area (Å²) in [5, 5.41) is 3.12. The number of anilines is 1. The molecule has 172 valence electrons. The summed E-state index contributed by atoms with van der Waals surface area (Å²) >= 11 is 5.97. The fourth-order valence-electron chi connectivity index (χ4n) is 3.15. The van der Waals surface area contributed by atoms with Gasteiger partial charge in [-0.1, -0.05) is 41.9 Å². The zero-order valence-corrected chi connectivity index (χ0v) is 19.7. The van der Waals surface area contributed by atoms with E-state index in [9.17, 15) is 18.0 Å². The van der Waals surface area contributed by atoms with E-state index in [-0.39, 0.29) is 23.1 Å². The Morgan fingerprint density at radius 2 is 1.67 bits per heavy atom. The highest BCUT2D eigenvalue weighted by Crippen LogP contribution is 2.27. The zero-order chi connectivity index (χ0) is 24.0. The molecule has 0 unspecified atom stereocenters. The molecule has 7 nitrogen and oxygen atoms in total. The third kappa shape index (κ3) is 6.34. The summed E-state index contributed by atoms with van der Waals surface area (Å²) in [5.74, 6) is -0.522. The highest BCUT2D eigenvalue weighted by atomic mass is 35.5. The summed E-state index contributed by atoms with van der Waals surface area (Å²) in [6, 6.07) is 19.3. The van der Waals surface area contributed by atoms with Gasteiger partial charge in [-0.15, -0.1) is 0 Å². The fourth-order valence-corrected chi connectivity index (χ4v) is 4.69. The molecule has 0 aromatic heterocycles. The number of methoxy groups -OCH3 is 1. The summed E-state index contributed by atoms with van der Waals surface area (Å²) < 4.78 is 30.3. The van der Waals surface area contributed by atoms with Gasteiger partial charge in [0.05, 0.1) is 30.0 Å². The van der Waals surface area contributed by atoms with Crippen LogP contribution in [-0.4, -0.2) is 45.8 Å². The third-order valence-corrected chi connectivity index (χ3v) is 6.76. The molecule has 0 spiro atoms. The maximum absolute atomic E-state index is 12.7. The molecule has 0 heterocycles. The average molecular weight is 487 g/mol. The molecule has 0 radical (unpaired) electrons. The number of rotatable bonds is 8. The van der Waals surface area contributed by atoms with Crippen molar-refractivity contribution in [2.24, 2.45) is 0 Å². The number of ether oxygens (including phenoxy) is 1. The Morgan fingerprint density at radius 3 is 2.30 bits per heavy atom. The van der Waals surface area contributed by atoms with E-state index >= 15 is 0 Å². The molecule has 0 atom stereocenters. The van der Waals surface area contributed by atoms with Gasteiger partial charge in [0.15, 0.2) is 9.84 Å². The molecule has 0 aliphatic carbocycles. The van der Waals surface area contributed by atoms with Crippen molar-refractivity contribution < 1.29 is 22.7 Å². The number of amides is 2. The van der Waals surface area contributed by atoms with Crippen molar-refractivity contribution >= 4 is 38.9 Å². The SMILES string of the molecule is COc1ccc(Cl)cc1NC(=O)CN(C)C(=O)c1ccc(CS(=O)(=O)c2ccccc2)cc1. The van der Waals surface area contributed by atoms with Crippen molar-refractivity contribution in [3.63, 3.8) is 0 Å². The van der Waals surface area contributed by atoms with E-state index in [1.807, 2.05) is 0 Å². The van der Waals surface area contributed by atoms with E-state index in [1.165, 1.54) is 19.1 Å². The Balaban J connectivity index is 1.63. The van der Waals surface area contributed by atoms with Gasteiger partial charge < -0.3 is 15.0 Å². The summed E-state index contributed by atoms with van der Waals surface area (Å²) in [4.78, 5) is 26.6. The second kappa shape index (κ2) is 10.5. The molecule has 0 saturated carbocycles. The second-order valence-electron chi connectivity index (χ2n) is 7.32. The Bertz CT molecular complexity index is 1250. The molecular weight excluding hydrogens is 464 g/mol. The van der Waals surface area contributed by atoms with Gasteiger partial charge in [-0.25, -0.2) is 8.42 Å². The molecule has 1 N–H and O–H groups in total. The van der Waals surface area contributed by atoms with E-state index < -0.39 is 15.7 Å². The van der Waals surface area contributed by atoms with Crippen LogP contribution in [0.4, 0.5) is 5.69 Å². The minimum atomic E-state index is -3.49. The molecule has 0 bridgehead atoms. The Hall–Kier alpha value is -3.36. The molecule has 3 aromatic carbocycles. The topological polar surface area (TPSA) is 92.8 Å². The molecular formula is C24H23ClN2O5S. The van der Waals surface area contributed by atoms with Crippen LogP contribution in [0.5, 0.6) is 5.75 Å². The summed E-state index contributed by atoms with van der Waals surface area (Å²) in [7, 11) is -0.505. The van der Waals surface area contributed by atoms with Crippen molar-refractivity contribution in [1.29, 1.82) is 0 Å². The first-order chi connectivity index (χ1) is 15.7. The minimum Gasteiger partial charge on any atom is -0.495 e. The van der Waals surface area contributed by atoms with Crippen molar-refractivity contribution in [3.05, 3.63) is 88.9 Å². The number of benzene rings is 3. The molecule has 2 amide bonds. The first-order valence-electron chi connectivity index (χ1n) is 9.95. The normalized spacial score (nSPS) is 11.0. The van der Waals surface area contributed by atoms with Crippen LogP contribution in [0.3, 0.4) is 0 Å². The molecule has 0 aliphatic rings. The molecule has 9 heteroatoms. The largest absolute Gasteiger partial charge is 0.495 e. The van der Waals surface area contributed by atoms with Gasteiger partial charge >= 0.3 is 0 Å². The number of nitrogens with one attached hydrogen (secondary N) is 1. The number of hydrogen-bond donors (Lipinski definition) is 1. The van der Waals surface area contributed by atoms with Crippen molar-refractivity contribution in [2.45, 2.75) is 10.6 Å². The molecule has 33 heavy (non-hydrogen) atoms. The van der Waals surface area contributed by atoms with Gasteiger partial charge in [-0.2, -0.15) is 0 Å². The highest BCUT2D eigenvalue weighted by molar-refractivity contribution is 7.90. The third-order valence-electron chi connectivity index (χ3n) is 4.82. The predicted molar refractivity (Wildman–Crippen MR) is 127 cm³/mol. The lowest BCUT2D eigenvalue weighted by Gasteiger charge is -2.18. The summed E-state index contributed by atoms with van der Waals surface area (Å²) in [6.07, 6.45) is 0. The van der Waals surface area contributed by atoms with Gasteiger partial charge in [-0.05, 0) is 48.0 Å². The average Bonchev–Trinajstić information content (AvgIpc) is 2.79. The van der Waals surface area contributed by atoms with Crippen molar-refractivity contribution in [3.8, 4) is 5.75 Å². The van der Waals surface area contributed by atoms with Crippen molar-refractivity contribution in [1.82, 2.24) is 4.90 Å². The summed E-state index contributed by atoms with van der Waals surface area (Å²) in [5.41, 5.74) is 1.30. The fraction of sp³-hybridized carbons (Fsp3) is 0.167. The standard InChI is InChI=1S/C24H23ClN2O5S/c1-27(15-23(28)26-21-14-19(25)12-13-22(21)32-2)24(29)18-10-8-17(9-11-18)16-33(30,31)20-6-4-3-5-7-20/h3-14H,15-16H2,1-2H3,(H,26,28). The lowest BCUT2D eigenvalue weighted by atomic mass is 10.1. The van der Waals surface area contributed by atoms with E-state index in [0.29, 0.717) is 27.6 Å². The van der Waals surface area contributed by atoms with Crippen LogP contribution in [0.15, 0.2) is 77.7 Å². The van der Waals surface area contributed by atoms with Gasteiger partial charge in [0.25, 0.3) is 5.91 Å². The van der Waals surface area contributed by atoms with Gasteiger partial charge in [0.2, 0.25) is 5.91 Å². The first-order valence-corrected chi connectivity index (χ1v) is 12.0. The van der Waals surface area contributed by atoms with E-state index in [4.69, 9.17) is 16.3 Å². The molecule has 3 rings (SSSR count). The maximum atomic E-state index is 12.7. The highest BCUT2D eigenvalue weighted by Gasteiger charge is 2.18. The number of carbonyl (C=O) groups excluding carboxylic acids is 2. The van der Waals surface area contributed by atoms with Crippen LogP contribution < -0.4 is 10.1 Å². The smallest absolute Gasteiger partial charge is 0.254 e. The summed E-state index contributed by atoms with van der Waals surface area (Å²) in [6.45, 7) is -0.196. The Labute approximate surface area is 197 Å². The van der Waals surface area contributed by atoms with Crippen LogP contribution in [0.1, 0.15) is 15.9 Å². The molecule has 3 aromatic rings. The van der Waals surface area contributed by atoms with Crippen LogP contribution in [0, 0.1) is 0 Å². The van der Waals surface area contributed by atoms with E-state index in [0.717, 1.165) is 0 Å². The molecule has 0 saturated heterocycles. The molecule has 0 fully saturated rings. The van der Waals surface area contributed by atoms with Gasteiger partial charge in [0, 0.05) is 17.6 Å². The van der Waals surface area contributed by atoms with Crippen LogP contribution in [0.25, 0.3) is 0 Å². The Kier molecular flexibility index (Phi) is 7.73. The second-order valence-corrected chi connectivity index (χ2v) is 9.75. The number of likely N-dealkylation sites (N-methyl/N-ethyl adjacent to an activating group) is 1. The lowest BCUT2D eigenvalue weighted by Crippen LogP contribution is -2.35. The number of hydrogen-bond acceptors (Lipinski definition) is 5. The number of halogens is 1. The van der Waals surface area contributed by atoms with Gasteiger partial charge in [0.1, 0.15) is 5.75 Å². The van der Waals surface area contributed by atoms with E-state index in [1.54, 1.807) is 72.8 Å². The van der Waals surface area contributed by atoms with Crippen LogP contribution >= 0.6 is 11.6 Å².